The van der Waals surface area contributed by atoms with Crippen molar-refractivity contribution in [2.45, 2.75) is 37.2 Å². The Labute approximate surface area is 109 Å². The number of hydrogen-bond acceptors (Lipinski definition) is 7. The summed E-state index contributed by atoms with van der Waals surface area (Å²) in [5, 5.41) is 45.6. The van der Waals surface area contributed by atoms with E-state index in [-0.39, 0.29) is 6.54 Å². The highest BCUT2D eigenvalue weighted by molar-refractivity contribution is 5.86. The first-order chi connectivity index (χ1) is 8.88. The fraction of sp³-hybridized carbons (Fsp3) is 0.818. The summed E-state index contributed by atoms with van der Waals surface area (Å²) in [4.78, 5) is 24.0. The number of likely N-dealkylation sites (tertiary alicyclic amines) is 1. The molecule has 0 aromatic heterocycles. The van der Waals surface area contributed by atoms with Gasteiger partial charge in [0, 0.05) is 0 Å². The molecule has 0 saturated carbocycles. The number of rotatable bonds is 7. The maximum Gasteiger partial charge on any atom is 0.320 e. The number of aliphatic carboxylic acids is 1. The Morgan fingerprint density at radius 3 is 2.42 bits per heavy atom. The summed E-state index contributed by atoms with van der Waals surface area (Å²) in [6, 6.07) is -0.768. The molecule has 0 bridgehead atoms. The van der Waals surface area contributed by atoms with E-state index in [1.165, 1.54) is 4.90 Å². The van der Waals surface area contributed by atoms with Crippen LogP contribution in [-0.4, -0.2) is 86.2 Å². The van der Waals surface area contributed by atoms with Crippen LogP contribution in [0.4, 0.5) is 0 Å². The topological polar surface area (TPSA) is 139 Å². The van der Waals surface area contributed by atoms with Crippen LogP contribution >= 0.6 is 0 Å². The van der Waals surface area contributed by atoms with Gasteiger partial charge in [0.2, 0.25) is 0 Å². The van der Waals surface area contributed by atoms with E-state index in [0.717, 1.165) is 0 Å². The van der Waals surface area contributed by atoms with Crippen molar-refractivity contribution in [1.29, 1.82) is 0 Å². The van der Waals surface area contributed by atoms with E-state index < -0.39 is 42.7 Å². The van der Waals surface area contributed by atoms with Gasteiger partial charge in [0.05, 0.1) is 13.2 Å². The van der Waals surface area contributed by atoms with Gasteiger partial charge in [0.25, 0.3) is 0 Å². The smallest absolute Gasteiger partial charge is 0.320 e. The molecule has 1 rings (SSSR count). The van der Waals surface area contributed by atoms with Crippen molar-refractivity contribution in [3.8, 4) is 0 Å². The maximum absolute atomic E-state index is 11.7. The van der Waals surface area contributed by atoms with Gasteiger partial charge in [0.15, 0.2) is 5.78 Å². The molecule has 0 amide bonds. The SMILES string of the molecule is O=C(CN1CCC[C@H]1C(=O)O)[C@@H](O)[C@@H](O)[C@H](O)CO. The molecule has 8 nitrogen and oxygen atoms in total. The van der Waals surface area contributed by atoms with Crippen molar-refractivity contribution < 1.29 is 35.1 Å². The van der Waals surface area contributed by atoms with E-state index in [9.17, 15) is 19.8 Å². The van der Waals surface area contributed by atoms with Crippen molar-refractivity contribution in [1.82, 2.24) is 4.90 Å². The predicted octanol–water partition coefficient (Wildman–Crippen LogP) is -2.82. The summed E-state index contributed by atoms with van der Waals surface area (Å²) in [5.41, 5.74) is 0. The van der Waals surface area contributed by atoms with Crippen LogP contribution < -0.4 is 0 Å². The van der Waals surface area contributed by atoms with E-state index in [1.807, 2.05) is 0 Å². The van der Waals surface area contributed by atoms with Gasteiger partial charge in [-0.25, -0.2) is 0 Å². The molecule has 1 aliphatic heterocycles. The molecular weight excluding hydrogens is 258 g/mol. The second-order valence-electron chi connectivity index (χ2n) is 4.62. The molecule has 5 N–H and O–H groups in total. The fourth-order valence-electron chi connectivity index (χ4n) is 2.10. The highest BCUT2D eigenvalue weighted by Gasteiger charge is 2.35. The quantitative estimate of drug-likeness (QED) is 0.336. The van der Waals surface area contributed by atoms with Gasteiger partial charge in [-0.15, -0.1) is 0 Å². The second-order valence-corrected chi connectivity index (χ2v) is 4.62. The third-order valence-corrected chi connectivity index (χ3v) is 3.24. The van der Waals surface area contributed by atoms with E-state index in [2.05, 4.69) is 0 Å². The summed E-state index contributed by atoms with van der Waals surface area (Å²) >= 11 is 0. The molecular formula is C11H19NO7. The molecule has 1 heterocycles. The number of carboxylic acids is 1. The van der Waals surface area contributed by atoms with Crippen LogP contribution in [0.25, 0.3) is 0 Å². The summed E-state index contributed by atoms with van der Waals surface area (Å²) in [6.07, 6.45) is -4.18. The lowest BCUT2D eigenvalue weighted by Gasteiger charge is -2.24. The Morgan fingerprint density at radius 1 is 1.26 bits per heavy atom. The first-order valence-corrected chi connectivity index (χ1v) is 6.03. The standard InChI is InChI=1S/C11H19NO7/c13-5-8(15)10(17)9(16)7(14)4-12-3-1-2-6(12)11(18)19/h6,8-10,13,15-17H,1-5H2,(H,18,19)/t6-,8+,9+,10-/m0/s1. The Bertz CT molecular complexity index is 335. The highest BCUT2D eigenvalue weighted by atomic mass is 16.4. The summed E-state index contributed by atoms with van der Waals surface area (Å²) in [7, 11) is 0. The first kappa shape index (κ1) is 16.0. The maximum atomic E-state index is 11.7. The summed E-state index contributed by atoms with van der Waals surface area (Å²) < 4.78 is 0. The first-order valence-electron chi connectivity index (χ1n) is 6.03. The van der Waals surface area contributed by atoms with E-state index >= 15 is 0 Å². The molecule has 1 fully saturated rings. The van der Waals surface area contributed by atoms with Crippen LogP contribution in [0.3, 0.4) is 0 Å². The number of carbonyl (C=O) groups excluding carboxylic acids is 1. The molecule has 0 spiro atoms. The molecule has 8 heteroatoms. The van der Waals surface area contributed by atoms with E-state index in [4.69, 9.17) is 15.3 Å². The number of aliphatic hydroxyl groups is 4. The monoisotopic (exact) mass is 277 g/mol. The minimum absolute atomic E-state index is 0.312. The molecule has 4 atom stereocenters. The highest BCUT2D eigenvalue weighted by Crippen LogP contribution is 2.17. The zero-order chi connectivity index (χ0) is 14.6. The zero-order valence-corrected chi connectivity index (χ0v) is 10.3. The number of ketones is 1. The number of nitrogens with zero attached hydrogens (tertiary/aromatic N) is 1. The van der Waals surface area contributed by atoms with Crippen LogP contribution in [0.15, 0.2) is 0 Å². The average Bonchev–Trinajstić information content (AvgIpc) is 2.84. The van der Waals surface area contributed by atoms with Crippen LogP contribution in [-0.2, 0) is 9.59 Å². The van der Waals surface area contributed by atoms with Gasteiger partial charge in [-0.1, -0.05) is 0 Å². The van der Waals surface area contributed by atoms with Crippen molar-refractivity contribution in [3.63, 3.8) is 0 Å². The predicted molar refractivity (Wildman–Crippen MR) is 62.3 cm³/mol. The van der Waals surface area contributed by atoms with Crippen molar-refractivity contribution in [2.75, 3.05) is 19.7 Å². The van der Waals surface area contributed by atoms with Gasteiger partial charge < -0.3 is 25.5 Å². The fourth-order valence-corrected chi connectivity index (χ4v) is 2.10. The molecule has 1 aliphatic rings. The molecule has 0 unspecified atom stereocenters. The minimum Gasteiger partial charge on any atom is -0.480 e. The minimum atomic E-state index is -1.85. The lowest BCUT2D eigenvalue weighted by Crippen LogP contribution is -2.48. The molecule has 0 aromatic carbocycles. The lowest BCUT2D eigenvalue weighted by atomic mass is 10.0. The van der Waals surface area contributed by atoms with Crippen molar-refractivity contribution in [3.05, 3.63) is 0 Å². The largest absolute Gasteiger partial charge is 0.480 e. The van der Waals surface area contributed by atoms with Crippen LogP contribution in [0.2, 0.25) is 0 Å². The number of carbonyl (C=O) groups is 2. The van der Waals surface area contributed by atoms with Gasteiger partial charge in [-0.2, -0.15) is 0 Å². The van der Waals surface area contributed by atoms with Crippen molar-refractivity contribution >= 4 is 11.8 Å². The van der Waals surface area contributed by atoms with Gasteiger partial charge in [-0.3, -0.25) is 14.5 Å². The van der Waals surface area contributed by atoms with Gasteiger partial charge in [0.1, 0.15) is 24.4 Å². The zero-order valence-electron chi connectivity index (χ0n) is 10.3. The second kappa shape index (κ2) is 6.92. The Kier molecular flexibility index (Phi) is 5.83. The van der Waals surface area contributed by atoms with Gasteiger partial charge in [-0.05, 0) is 19.4 Å². The molecule has 19 heavy (non-hydrogen) atoms. The van der Waals surface area contributed by atoms with Crippen LogP contribution in [0.5, 0.6) is 0 Å². The van der Waals surface area contributed by atoms with Gasteiger partial charge >= 0.3 is 5.97 Å². The molecule has 0 radical (unpaired) electrons. The van der Waals surface area contributed by atoms with Crippen molar-refractivity contribution in [2.24, 2.45) is 0 Å². The Hall–Kier alpha value is -1.06. The molecule has 1 saturated heterocycles. The number of carboxylic acid groups (broad SMARTS) is 1. The molecule has 110 valence electrons. The van der Waals surface area contributed by atoms with Crippen LogP contribution in [0.1, 0.15) is 12.8 Å². The summed E-state index contributed by atoms with van der Waals surface area (Å²) in [6.45, 7) is -0.672. The third-order valence-electron chi connectivity index (χ3n) is 3.24. The number of hydrogen-bond donors (Lipinski definition) is 5. The molecule has 0 aliphatic carbocycles. The van der Waals surface area contributed by atoms with Crippen LogP contribution in [0, 0.1) is 0 Å². The lowest BCUT2D eigenvalue weighted by molar-refractivity contribution is -0.145. The molecule has 0 aromatic rings. The Balaban J connectivity index is 2.56. The average molecular weight is 277 g/mol. The number of aliphatic hydroxyl groups excluding tert-OH is 4. The van der Waals surface area contributed by atoms with E-state index in [0.29, 0.717) is 19.4 Å². The van der Waals surface area contributed by atoms with E-state index in [1.54, 1.807) is 0 Å². The Morgan fingerprint density at radius 2 is 1.89 bits per heavy atom. The normalized spacial score (nSPS) is 24.9. The summed E-state index contributed by atoms with van der Waals surface area (Å²) in [5.74, 6) is -1.82. The third kappa shape index (κ3) is 3.95. The number of Topliss-reactive ketones (excluding diaryl/α,β-unsaturated/α-hetero) is 1.